The van der Waals surface area contributed by atoms with Crippen molar-refractivity contribution in [3.8, 4) is 0 Å². The van der Waals surface area contributed by atoms with E-state index in [9.17, 15) is 4.79 Å². The molecule has 0 aliphatic carbocycles. The largest absolute Gasteiger partial charge is 0.352 e. The summed E-state index contributed by atoms with van der Waals surface area (Å²) in [5.41, 5.74) is 2.84. The van der Waals surface area contributed by atoms with Crippen LogP contribution in [0.5, 0.6) is 0 Å². The number of amides is 1. The van der Waals surface area contributed by atoms with Crippen LogP contribution in [0.4, 0.5) is 0 Å². The van der Waals surface area contributed by atoms with Crippen molar-refractivity contribution in [3.05, 3.63) is 96.2 Å². The first-order chi connectivity index (χ1) is 15.6. The maximum atomic E-state index is 13.6. The monoisotopic (exact) mass is 427 g/mol. The van der Waals surface area contributed by atoms with Crippen LogP contribution in [-0.2, 0) is 4.79 Å². The van der Waals surface area contributed by atoms with E-state index in [4.69, 9.17) is 5.10 Å². The number of benzene rings is 2. The van der Waals surface area contributed by atoms with Crippen LogP contribution >= 0.6 is 0 Å². The first-order valence-electron chi connectivity index (χ1n) is 10.9. The quantitative estimate of drug-likeness (QED) is 0.554. The van der Waals surface area contributed by atoms with E-state index in [0.717, 1.165) is 41.6 Å². The number of piperazine rings is 1. The summed E-state index contributed by atoms with van der Waals surface area (Å²) in [7, 11) is 1.75. The Morgan fingerprint density at radius 3 is 2.03 bits per heavy atom. The summed E-state index contributed by atoms with van der Waals surface area (Å²) in [4.78, 5) is 22.0. The zero-order valence-electron chi connectivity index (χ0n) is 18.7. The van der Waals surface area contributed by atoms with E-state index in [1.54, 1.807) is 12.1 Å². The highest BCUT2D eigenvalue weighted by molar-refractivity contribution is 5.96. The van der Waals surface area contributed by atoms with Gasteiger partial charge in [0.1, 0.15) is 11.7 Å². The van der Waals surface area contributed by atoms with Crippen molar-refractivity contribution in [2.75, 3.05) is 33.2 Å². The molecule has 1 amide bonds. The minimum absolute atomic E-state index is 0.146. The summed E-state index contributed by atoms with van der Waals surface area (Å²) in [5, 5.41) is 6.47. The van der Waals surface area contributed by atoms with Crippen LogP contribution in [-0.4, -0.2) is 65.6 Å². The van der Waals surface area contributed by atoms with Crippen LogP contribution in [0.15, 0.2) is 95.2 Å². The number of aliphatic imine (C=N–C) groups is 1. The molecular weight excluding hydrogens is 398 g/mol. The number of hydrazone groups is 1. The second-order valence-electron chi connectivity index (χ2n) is 7.93. The molecule has 0 unspecified atom stereocenters. The molecular formula is C26H29N5O. The molecule has 6 nitrogen and oxygen atoms in total. The number of nitrogens with zero attached hydrogens (tertiary/aromatic N) is 5. The van der Waals surface area contributed by atoms with Gasteiger partial charge >= 0.3 is 0 Å². The van der Waals surface area contributed by atoms with Crippen molar-refractivity contribution in [2.24, 2.45) is 10.1 Å². The second kappa shape index (κ2) is 9.64. The number of amidine groups is 2. The summed E-state index contributed by atoms with van der Waals surface area (Å²) in [6.07, 6.45) is 3.94. The highest BCUT2D eigenvalue weighted by Gasteiger charge is 2.30. The van der Waals surface area contributed by atoms with Gasteiger partial charge in [0.05, 0.1) is 11.6 Å². The smallest absolute Gasteiger partial charge is 0.234 e. The van der Waals surface area contributed by atoms with Crippen LogP contribution in [0.2, 0.25) is 0 Å². The van der Waals surface area contributed by atoms with Crippen molar-refractivity contribution in [1.82, 2.24) is 14.8 Å². The second-order valence-corrected chi connectivity index (χ2v) is 7.93. The van der Waals surface area contributed by atoms with Crippen molar-refractivity contribution in [2.45, 2.75) is 12.8 Å². The summed E-state index contributed by atoms with van der Waals surface area (Å²) in [6, 6.07) is 20.1. The fourth-order valence-corrected chi connectivity index (χ4v) is 4.09. The Labute approximate surface area is 189 Å². The lowest BCUT2D eigenvalue weighted by Crippen LogP contribution is -2.52. The first-order valence-corrected chi connectivity index (χ1v) is 10.9. The van der Waals surface area contributed by atoms with E-state index in [2.05, 4.69) is 16.5 Å². The van der Waals surface area contributed by atoms with Gasteiger partial charge in [0.15, 0.2) is 0 Å². The molecule has 1 saturated heterocycles. The zero-order chi connectivity index (χ0) is 22.5. The third-order valence-electron chi connectivity index (χ3n) is 5.96. The summed E-state index contributed by atoms with van der Waals surface area (Å²) >= 11 is 0. The Bertz CT molecular complexity index is 1010. The van der Waals surface area contributed by atoms with Crippen molar-refractivity contribution < 1.29 is 4.79 Å². The lowest BCUT2D eigenvalue weighted by Gasteiger charge is -2.38. The number of hydrogen-bond donors (Lipinski definition) is 0. The fraction of sp³-hybridized carbons (Fsp3) is 0.269. The van der Waals surface area contributed by atoms with Crippen LogP contribution in [0.3, 0.4) is 0 Å². The molecule has 0 aromatic heterocycles. The molecule has 0 saturated carbocycles. The summed E-state index contributed by atoms with van der Waals surface area (Å²) in [6.45, 7) is 8.72. The Hall–Kier alpha value is -3.67. The maximum Gasteiger partial charge on any atom is 0.234 e. The van der Waals surface area contributed by atoms with Gasteiger partial charge in [0, 0.05) is 33.2 Å². The van der Waals surface area contributed by atoms with Gasteiger partial charge in [-0.15, -0.1) is 5.10 Å². The van der Waals surface area contributed by atoms with Gasteiger partial charge in [0.25, 0.3) is 0 Å². The van der Waals surface area contributed by atoms with E-state index >= 15 is 0 Å². The Morgan fingerprint density at radius 2 is 1.50 bits per heavy atom. The number of hydrogen-bond acceptors (Lipinski definition) is 4. The Balaban J connectivity index is 1.49. The van der Waals surface area contributed by atoms with Gasteiger partial charge < -0.3 is 9.80 Å². The normalized spacial score (nSPS) is 17.1. The van der Waals surface area contributed by atoms with E-state index in [1.807, 2.05) is 84.6 Å². The zero-order valence-corrected chi connectivity index (χ0v) is 18.7. The maximum absolute atomic E-state index is 13.6. The van der Waals surface area contributed by atoms with Gasteiger partial charge in [-0.05, 0) is 30.2 Å². The van der Waals surface area contributed by atoms with Gasteiger partial charge in [-0.25, -0.2) is 5.01 Å². The molecule has 2 aliphatic heterocycles. The number of rotatable bonds is 3. The third kappa shape index (κ3) is 4.49. The molecule has 2 aromatic carbocycles. The summed E-state index contributed by atoms with van der Waals surface area (Å²) < 4.78 is 0. The summed E-state index contributed by atoms with van der Waals surface area (Å²) in [5.74, 6) is 1.51. The predicted molar refractivity (Wildman–Crippen MR) is 129 cm³/mol. The average molecular weight is 428 g/mol. The van der Waals surface area contributed by atoms with E-state index in [1.165, 1.54) is 0 Å². The van der Waals surface area contributed by atoms with Gasteiger partial charge in [-0.3, -0.25) is 9.79 Å². The van der Waals surface area contributed by atoms with Gasteiger partial charge in [-0.1, -0.05) is 67.2 Å². The number of carbonyl (C=O) groups is 1. The highest BCUT2D eigenvalue weighted by Crippen LogP contribution is 2.27. The predicted octanol–water partition coefficient (Wildman–Crippen LogP) is 3.71. The van der Waals surface area contributed by atoms with Crippen molar-refractivity contribution in [3.63, 3.8) is 0 Å². The highest BCUT2D eigenvalue weighted by atomic mass is 16.2. The Kier molecular flexibility index (Phi) is 6.50. The average Bonchev–Trinajstić information content (AvgIpc) is 2.85. The van der Waals surface area contributed by atoms with Crippen LogP contribution in [0.25, 0.3) is 0 Å². The molecule has 2 aliphatic rings. The Morgan fingerprint density at radius 1 is 0.938 bits per heavy atom. The van der Waals surface area contributed by atoms with Crippen LogP contribution in [0.1, 0.15) is 24.0 Å². The minimum atomic E-state index is -0.293. The molecule has 6 heteroatoms. The molecule has 164 valence electrons. The molecule has 1 fully saturated rings. The molecule has 0 spiro atoms. The molecule has 4 rings (SSSR count). The van der Waals surface area contributed by atoms with Gasteiger partial charge in [0.2, 0.25) is 5.91 Å². The fourth-order valence-electron chi connectivity index (χ4n) is 4.09. The molecule has 2 heterocycles. The van der Waals surface area contributed by atoms with E-state index < -0.39 is 0 Å². The van der Waals surface area contributed by atoms with Crippen LogP contribution in [0, 0.1) is 0 Å². The molecule has 0 atom stereocenters. The molecule has 0 N–H and O–H groups in total. The number of carbonyl (C=O) groups excluding carboxylic acids is 1. The molecule has 32 heavy (non-hydrogen) atoms. The lowest BCUT2D eigenvalue weighted by molar-refractivity contribution is -0.133. The third-order valence-corrected chi connectivity index (χ3v) is 5.96. The molecule has 2 aromatic rings. The van der Waals surface area contributed by atoms with Crippen molar-refractivity contribution in [1.29, 1.82) is 0 Å². The number of allylic oxidation sites excluding steroid dienone is 1. The van der Waals surface area contributed by atoms with Gasteiger partial charge in [-0.2, -0.15) is 0 Å². The lowest BCUT2D eigenvalue weighted by atomic mass is 9.90. The van der Waals surface area contributed by atoms with E-state index in [0.29, 0.717) is 13.1 Å². The molecule has 0 bridgehead atoms. The minimum Gasteiger partial charge on any atom is -0.352 e. The van der Waals surface area contributed by atoms with Crippen molar-refractivity contribution >= 4 is 17.6 Å². The topological polar surface area (TPSA) is 51.5 Å². The first kappa shape index (κ1) is 21.6. The van der Waals surface area contributed by atoms with Crippen LogP contribution < -0.4 is 0 Å². The SMILES string of the molecule is C=C1C=CC(N2CCN(C(=O)C(c3ccccc3)c3ccccc3)CC2)=NN1/C(C)=N\C. The standard InChI is InChI=1S/C26H29N5O/c1-20-14-15-24(28-31(20)21(2)27-3)29-16-18-30(19-17-29)26(32)25(22-10-6-4-7-11-22)23-12-8-5-9-13-23/h4-15,25H,1,16-19H2,2-3H3/b27-21-. The molecule has 0 radical (unpaired) electrons. The van der Waals surface area contributed by atoms with E-state index in [-0.39, 0.29) is 11.8 Å².